The monoisotopic (exact) mass is 260 g/mol. The van der Waals surface area contributed by atoms with Crippen molar-refractivity contribution in [2.75, 3.05) is 20.1 Å². The molecule has 2 heteroatoms. The smallest absolute Gasteiger partial charge is 0.0211 e. The summed E-state index contributed by atoms with van der Waals surface area (Å²) in [6, 6.07) is 7.38. The molecule has 2 nitrogen and oxygen atoms in total. The second-order valence-corrected chi connectivity index (χ2v) is 5.97. The number of likely N-dealkylation sites (N-methyl/N-ethyl adjacent to an activating group) is 1. The van der Waals surface area contributed by atoms with E-state index in [-0.39, 0.29) is 0 Å². The fourth-order valence-electron chi connectivity index (χ4n) is 3.12. The topological polar surface area (TPSA) is 15.3 Å². The van der Waals surface area contributed by atoms with Crippen LogP contribution < -0.4 is 5.32 Å². The zero-order valence-corrected chi connectivity index (χ0v) is 12.7. The van der Waals surface area contributed by atoms with Crippen molar-refractivity contribution in [3.63, 3.8) is 0 Å². The largest absolute Gasteiger partial charge is 0.311 e. The SMILES string of the molecule is Cc1cccc(C)c1CNCCN(C)C1CCCC1. The molecule has 0 amide bonds. The van der Waals surface area contributed by atoms with Crippen LogP contribution in [-0.2, 0) is 6.54 Å². The zero-order valence-electron chi connectivity index (χ0n) is 12.7. The first-order valence-corrected chi connectivity index (χ1v) is 7.64. The number of nitrogens with one attached hydrogen (secondary N) is 1. The molecular formula is C17H28N2. The average molecular weight is 260 g/mol. The Balaban J connectivity index is 1.71. The first-order valence-electron chi connectivity index (χ1n) is 7.64. The van der Waals surface area contributed by atoms with E-state index in [9.17, 15) is 0 Å². The zero-order chi connectivity index (χ0) is 13.7. The van der Waals surface area contributed by atoms with Crippen molar-refractivity contribution < 1.29 is 0 Å². The minimum atomic E-state index is 0.835. The van der Waals surface area contributed by atoms with Crippen molar-refractivity contribution in [1.82, 2.24) is 10.2 Å². The lowest BCUT2D eigenvalue weighted by Crippen LogP contribution is -2.35. The molecule has 1 fully saturated rings. The molecule has 1 N–H and O–H groups in total. The minimum Gasteiger partial charge on any atom is -0.311 e. The van der Waals surface area contributed by atoms with E-state index >= 15 is 0 Å². The standard InChI is InChI=1S/C17H28N2/c1-14-7-6-8-15(2)17(14)13-18-11-12-19(3)16-9-4-5-10-16/h6-8,16,18H,4-5,9-13H2,1-3H3. The van der Waals surface area contributed by atoms with Gasteiger partial charge in [0.1, 0.15) is 0 Å². The molecule has 0 spiro atoms. The van der Waals surface area contributed by atoms with E-state index in [0.717, 1.165) is 25.7 Å². The first kappa shape index (κ1) is 14.5. The number of rotatable bonds is 6. The lowest BCUT2D eigenvalue weighted by Gasteiger charge is -2.24. The maximum atomic E-state index is 3.60. The van der Waals surface area contributed by atoms with Crippen LogP contribution in [0.15, 0.2) is 18.2 Å². The van der Waals surface area contributed by atoms with Gasteiger partial charge in [0, 0.05) is 25.7 Å². The van der Waals surface area contributed by atoms with E-state index < -0.39 is 0 Å². The van der Waals surface area contributed by atoms with Gasteiger partial charge in [0.2, 0.25) is 0 Å². The molecule has 0 bridgehead atoms. The number of benzene rings is 1. The second kappa shape index (κ2) is 7.06. The van der Waals surface area contributed by atoms with Crippen molar-refractivity contribution in [3.8, 4) is 0 Å². The quantitative estimate of drug-likeness (QED) is 0.790. The van der Waals surface area contributed by atoms with E-state index in [1.807, 2.05) is 0 Å². The molecule has 1 aliphatic carbocycles. The molecule has 0 saturated heterocycles. The Morgan fingerprint density at radius 1 is 1.16 bits per heavy atom. The third kappa shape index (κ3) is 4.05. The molecular weight excluding hydrogens is 232 g/mol. The van der Waals surface area contributed by atoms with Crippen LogP contribution in [0.2, 0.25) is 0 Å². The normalized spacial score (nSPS) is 16.4. The van der Waals surface area contributed by atoms with Gasteiger partial charge in [-0.15, -0.1) is 0 Å². The van der Waals surface area contributed by atoms with Gasteiger partial charge in [-0.3, -0.25) is 0 Å². The van der Waals surface area contributed by atoms with Crippen LogP contribution >= 0.6 is 0 Å². The summed E-state index contributed by atoms with van der Waals surface area (Å²) in [4.78, 5) is 2.53. The lowest BCUT2D eigenvalue weighted by molar-refractivity contribution is 0.245. The van der Waals surface area contributed by atoms with E-state index in [1.165, 1.54) is 42.4 Å². The number of hydrogen-bond donors (Lipinski definition) is 1. The fraction of sp³-hybridized carbons (Fsp3) is 0.647. The Bertz CT molecular complexity index is 374. The molecule has 1 aromatic rings. The second-order valence-electron chi connectivity index (χ2n) is 5.97. The number of nitrogens with zero attached hydrogens (tertiary/aromatic N) is 1. The van der Waals surface area contributed by atoms with E-state index in [2.05, 4.69) is 49.3 Å². The van der Waals surface area contributed by atoms with E-state index in [4.69, 9.17) is 0 Å². The summed E-state index contributed by atoms with van der Waals surface area (Å²) >= 11 is 0. The van der Waals surface area contributed by atoms with Gasteiger partial charge in [-0.05, 0) is 50.4 Å². The van der Waals surface area contributed by atoms with Crippen LogP contribution in [0, 0.1) is 13.8 Å². The van der Waals surface area contributed by atoms with Gasteiger partial charge < -0.3 is 10.2 Å². The summed E-state index contributed by atoms with van der Waals surface area (Å²) in [7, 11) is 2.27. The third-order valence-electron chi connectivity index (χ3n) is 4.54. The molecule has 19 heavy (non-hydrogen) atoms. The van der Waals surface area contributed by atoms with Crippen LogP contribution in [0.1, 0.15) is 42.4 Å². The van der Waals surface area contributed by atoms with Gasteiger partial charge in [0.15, 0.2) is 0 Å². The molecule has 0 aliphatic heterocycles. The Morgan fingerprint density at radius 3 is 2.42 bits per heavy atom. The molecule has 2 rings (SSSR count). The van der Waals surface area contributed by atoms with Gasteiger partial charge >= 0.3 is 0 Å². The summed E-state index contributed by atoms with van der Waals surface area (Å²) in [5, 5.41) is 3.60. The van der Waals surface area contributed by atoms with Crippen LogP contribution in [0.25, 0.3) is 0 Å². The number of hydrogen-bond acceptors (Lipinski definition) is 2. The summed E-state index contributed by atoms with van der Waals surface area (Å²) in [6.45, 7) is 7.65. The highest BCUT2D eigenvalue weighted by atomic mass is 15.1. The summed E-state index contributed by atoms with van der Waals surface area (Å²) < 4.78 is 0. The average Bonchev–Trinajstić information content (AvgIpc) is 2.91. The van der Waals surface area contributed by atoms with E-state index in [1.54, 1.807) is 0 Å². The van der Waals surface area contributed by atoms with Crippen LogP contribution in [0.3, 0.4) is 0 Å². The van der Waals surface area contributed by atoms with Crippen molar-refractivity contribution in [1.29, 1.82) is 0 Å². The first-order chi connectivity index (χ1) is 9.18. The highest BCUT2D eigenvalue weighted by molar-refractivity contribution is 5.33. The van der Waals surface area contributed by atoms with Gasteiger partial charge in [-0.2, -0.15) is 0 Å². The van der Waals surface area contributed by atoms with Gasteiger partial charge in [0.05, 0.1) is 0 Å². The molecule has 1 aliphatic rings. The van der Waals surface area contributed by atoms with Crippen LogP contribution in [0.4, 0.5) is 0 Å². The summed E-state index contributed by atoms with van der Waals surface area (Å²) in [5.74, 6) is 0. The number of aryl methyl sites for hydroxylation is 2. The molecule has 1 aromatic carbocycles. The van der Waals surface area contributed by atoms with Gasteiger partial charge in [-0.1, -0.05) is 31.0 Å². The van der Waals surface area contributed by atoms with Crippen LogP contribution in [-0.4, -0.2) is 31.1 Å². The lowest BCUT2D eigenvalue weighted by atomic mass is 10.0. The summed E-state index contributed by atoms with van der Waals surface area (Å²) in [5.41, 5.74) is 4.26. The van der Waals surface area contributed by atoms with Gasteiger partial charge in [-0.25, -0.2) is 0 Å². The van der Waals surface area contributed by atoms with Crippen molar-refractivity contribution in [2.24, 2.45) is 0 Å². The molecule has 0 atom stereocenters. The molecule has 0 radical (unpaired) electrons. The Kier molecular flexibility index (Phi) is 5.41. The molecule has 0 heterocycles. The Morgan fingerprint density at radius 2 is 1.79 bits per heavy atom. The highest BCUT2D eigenvalue weighted by Gasteiger charge is 2.18. The van der Waals surface area contributed by atoms with Crippen LogP contribution in [0.5, 0.6) is 0 Å². The van der Waals surface area contributed by atoms with Gasteiger partial charge in [0.25, 0.3) is 0 Å². The molecule has 1 saturated carbocycles. The molecule has 106 valence electrons. The van der Waals surface area contributed by atoms with Crippen molar-refractivity contribution in [2.45, 2.75) is 52.1 Å². The predicted molar refractivity (Wildman–Crippen MR) is 82.5 cm³/mol. The summed E-state index contributed by atoms with van der Waals surface area (Å²) in [6.07, 6.45) is 5.64. The molecule has 0 unspecified atom stereocenters. The third-order valence-corrected chi connectivity index (χ3v) is 4.54. The maximum Gasteiger partial charge on any atom is 0.0211 e. The van der Waals surface area contributed by atoms with E-state index in [0.29, 0.717) is 0 Å². The van der Waals surface area contributed by atoms with Crippen molar-refractivity contribution in [3.05, 3.63) is 34.9 Å². The Labute approximate surface area is 118 Å². The fourth-order valence-corrected chi connectivity index (χ4v) is 3.12. The molecule has 0 aromatic heterocycles. The Hall–Kier alpha value is -0.860. The predicted octanol–water partition coefficient (Wildman–Crippen LogP) is 3.27. The highest BCUT2D eigenvalue weighted by Crippen LogP contribution is 2.21. The minimum absolute atomic E-state index is 0.835. The maximum absolute atomic E-state index is 3.60. The van der Waals surface area contributed by atoms with Crippen molar-refractivity contribution >= 4 is 0 Å².